The van der Waals surface area contributed by atoms with Crippen LogP contribution in [0, 0.1) is 5.82 Å². The van der Waals surface area contributed by atoms with Crippen LogP contribution in [0.2, 0.25) is 0 Å². The molecule has 1 aromatic heterocycles. The van der Waals surface area contributed by atoms with Crippen LogP contribution in [0.5, 0.6) is 5.75 Å². The van der Waals surface area contributed by atoms with Crippen molar-refractivity contribution in [3.8, 4) is 5.75 Å². The van der Waals surface area contributed by atoms with Crippen LogP contribution >= 0.6 is 0 Å². The highest BCUT2D eigenvalue weighted by molar-refractivity contribution is 6.31. The van der Waals surface area contributed by atoms with Crippen LogP contribution in [0.25, 0.3) is 6.08 Å². The van der Waals surface area contributed by atoms with Crippen molar-refractivity contribution in [1.82, 2.24) is 15.6 Å². The quantitative estimate of drug-likeness (QED) is 0.398. The summed E-state index contributed by atoms with van der Waals surface area (Å²) in [7, 11) is 0. The topological polar surface area (TPSA) is 101 Å². The molecule has 2 N–H and O–H groups in total. The number of rotatable bonds is 4. The lowest BCUT2D eigenvalue weighted by atomic mass is 10.1. The first-order valence-electron chi connectivity index (χ1n) is 10.2. The summed E-state index contributed by atoms with van der Waals surface area (Å²) in [5.74, 6) is -2.06. The van der Waals surface area contributed by atoms with E-state index in [1.165, 1.54) is 18.2 Å². The SMILES string of the molecule is O=C1NC(=O)C(=Cc2ccc(OC3CCN(c4ccc(C(F)(F)F)cn4)CC3)c(F)c2)C(=O)N1. The van der Waals surface area contributed by atoms with E-state index in [1.54, 1.807) is 0 Å². The number of carbonyl (C=O) groups is 3. The first-order valence-corrected chi connectivity index (χ1v) is 10.2. The number of halogens is 4. The van der Waals surface area contributed by atoms with Gasteiger partial charge in [0.25, 0.3) is 11.8 Å². The number of nitrogens with zero attached hydrogens (tertiary/aromatic N) is 2. The van der Waals surface area contributed by atoms with Gasteiger partial charge in [-0.2, -0.15) is 13.2 Å². The zero-order chi connectivity index (χ0) is 24.5. The van der Waals surface area contributed by atoms with Crippen LogP contribution in [0.1, 0.15) is 24.0 Å². The highest BCUT2D eigenvalue weighted by Crippen LogP contribution is 2.30. The Morgan fingerprint density at radius 2 is 1.71 bits per heavy atom. The third-order valence-corrected chi connectivity index (χ3v) is 5.35. The molecule has 0 spiro atoms. The largest absolute Gasteiger partial charge is 0.487 e. The Morgan fingerprint density at radius 1 is 1.03 bits per heavy atom. The number of imide groups is 2. The van der Waals surface area contributed by atoms with Gasteiger partial charge in [0, 0.05) is 32.1 Å². The van der Waals surface area contributed by atoms with Gasteiger partial charge < -0.3 is 9.64 Å². The van der Waals surface area contributed by atoms with Crippen molar-refractivity contribution in [2.45, 2.75) is 25.1 Å². The number of amides is 4. The van der Waals surface area contributed by atoms with Gasteiger partial charge in [-0.1, -0.05) is 6.07 Å². The fourth-order valence-corrected chi connectivity index (χ4v) is 3.60. The molecule has 1 aromatic carbocycles. The molecule has 34 heavy (non-hydrogen) atoms. The molecular weight excluding hydrogens is 460 g/mol. The summed E-state index contributed by atoms with van der Waals surface area (Å²) in [4.78, 5) is 40.4. The molecule has 2 aliphatic heterocycles. The second kappa shape index (κ2) is 9.12. The summed E-state index contributed by atoms with van der Waals surface area (Å²) in [6, 6.07) is 5.30. The lowest BCUT2D eigenvalue weighted by Crippen LogP contribution is -2.51. The third-order valence-electron chi connectivity index (χ3n) is 5.35. The van der Waals surface area contributed by atoms with Gasteiger partial charge in [-0.15, -0.1) is 0 Å². The van der Waals surface area contributed by atoms with Gasteiger partial charge in [-0.05, 0) is 35.9 Å². The average Bonchev–Trinajstić information content (AvgIpc) is 2.78. The van der Waals surface area contributed by atoms with Crippen molar-refractivity contribution in [1.29, 1.82) is 0 Å². The molecule has 0 aliphatic carbocycles. The van der Waals surface area contributed by atoms with Crippen LogP contribution in [0.4, 0.5) is 28.2 Å². The molecule has 0 saturated carbocycles. The molecule has 0 radical (unpaired) electrons. The molecule has 178 valence electrons. The molecule has 2 aromatic rings. The Balaban J connectivity index is 1.36. The molecule has 2 saturated heterocycles. The number of urea groups is 1. The lowest BCUT2D eigenvalue weighted by molar-refractivity contribution is -0.137. The maximum Gasteiger partial charge on any atom is 0.417 e. The Bertz CT molecular complexity index is 1130. The van der Waals surface area contributed by atoms with Gasteiger partial charge in [0.1, 0.15) is 17.5 Å². The van der Waals surface area contributed by atoms with E-state index >= 15 is 0 Å². The van der Waals surface area contributed by atoms with Crippen molar-refractivity contribution in [3.05, 3.63) is 59.0 Å². The summed E-state index contributed by atoms with van der Waals surface area (Å²) >= 11 is 0. The van der Waals surface area contributed by atoms with Crippen LogP contribution in [0.15, 0.2) is 42.1 Å². The van der Waals surface area contributed by atoms with E-state index in [0.29, 0.717) is 31.7 Å². The van der Waals surface area contributed by atoms with Crippen LogP contribution in [-0.2, 0) is 15.8 Å². The molecule has 0 bridgehead atoms. The van der Waals surface area contributed by atoms with Gasteiger partial charge in [-0.3, -0.25) is 20.2 Å². The van der Waals surface area contributed by atoms with E-state index in [-0.39, 0.29) is 23.0 Å². The molecule has 12 heteroatoms. The average molecular weight is 478 g/mol. The minimum Gasteiger partial charge on any atom is -0.487 e. The number of barbiturate groups is 1. The minimum atomic E-state index is -4.45. The first-order chi connectivity index (χ1) is 16.1. The van der Waals surface area contributed by atoms with E-state index in [1.807, 2.05) is 15.5 Å². The van der Waals surface area contributed by atoms with Crippen molar-refractivity contribution in [3.63, 3.8) is 0 Å². The molecule has 3 heterocycles. The van der Waals surface area contributed by atoms with Gasteiger partial charge >= 0.3 is 12.2 Å². The number of hydrogen-bond donors (Lipinski definition) is 2. The van der Waals surface area contributed by atoms with E-state index in [2.05, 4.69) is 4.98 Å². The van der Waals surface area contributed by atoms with Crippen LogP contribution < -0.4 is 20.3 Å². The highest BCUT2D eigenvalue weighted by atomic mass is 19.4. The number of anilines is 1. The predicted octanol–water partition coefficient (Wildman–Crippen LogP) is 3.04. The number of carbonyl (C=O) groups excluding carboxylic acids is 3. The van der Waals surface area contributed by atoms with E-state index < -0.39 is 35.4 Å². The van der Waals surface area contributed by atoms with Crippen molar-refractivity contribution < 1.29 is 36.7 Å². The monoisotopic (exact) mass is 478 g/mol. The molecule has 0 atom stereocenters. The maximum atomic E-state index is 14.6. The summed E-state index contributed by atoms with van der Waals surface area (Å²) in [5.41, 5.74) is -0.929. The van der Waals surface area contributed by atoms with Crippen molar-refractivity contribution in [2.24, 2.45) is 0 Å². The molecule has 0 unspecified atom stereocenters. The standard InChI is InChI=1S/C22H18F4N4O4/c23-16-10-12(9-15-19(31)28-21(33)29-20(15)32)1-3-17(16)34-14-5-7-30(8-6-14)18-4-2-13(11-27-18)22(24,25)26/h1-4,9-11,14H,5-8H2,(H2,28,29,31,32,33). The van der Waals surface area contributed by atoms with Gasteiger partial charge in [0.15, 0.2) is 11.6 Å². The molecular formula is C22H18F4N4O4. The zero-order valence-electron chi connectivity index (χ0n) is 17.5. The van der Waals surface area contributed by atoms with Gasteiger partial charge in [-0.25, -0.2) is 14.2 Å². The normalized spacial score (nSPS) is 17.4. The molecule has 8 nitrogen and oxygen atoms in total. The molecule has 2 fully saturated rings. The maximum absolute atomic E-state index is 14.6. The lowest BCUT2D eigenvalue weighted by Gasteiger charge is -2.33. The van der Waals surface area contributed by atoms with Crippen molar-refractivity contribution in [2.75, 3.05) is 18.0 Å². The van der Waals surface area contributed by atoms with Gasteiger partial charge in [0.05, 0.1) is 5.56 Å². The number of piperidine rings is 1. The Morgan fingerprint density at radius 3 is 2.26 bits per heavy atom. The number of aromatic nitrogens is 1. The number of hydrogen-bond acceptors (Lipinski definition) is 6. The number of benzene rings is 1. The van der Waals surface area contributed by atoms with Crippen molar-refractivity contribution >= 4 is 29.7 Å². The summed E-state index contributed by atoms with van der Waals surface area (Å²) in [5, 5.41) is 3.86. The second-order valence-corrected chi connectivity index (χ2v) is 7.69. The fraction of sp³-hybridized carbons (Fsp3) is 0.273. The summed E-state index contributed by atoms with van der Waals surface area (Å²) in [6.45, 7) is 0.940. The van der Waals surface area contributed by atoms with Crippen LogP contribution in [0.3, 0.4) is 0 Å². The van der Waals surface area contributed by atoms with E-state index in [4.69, 9.17) is 4.74 Å². The van der Waals surface area contributed by atoms with Gasteiger partial charge in [0.2, 0.25) is 0 Å². The zero-order valence-corrected chi connectivity index (χ0v) is 17.5. The number of ether oxygens (including phenoxy) is 1. The number of pyridine rings is 1. The molecule has 2 aliphatic rings. The smallest absolute Gasteiger partial charge is 0.417 e. The predicted molar refractivity (Wildman–Crippen MR) is 111 cm³/mol. The molecule has 4 rings (SSSR count). The highest BCUT2D eigenvalue weighted by Gasteiger charge is 2.31. The second-order valence-electron chi connectivity index (χ2n) is 7.69. The Hall–Kier alpha value is -3.96. The minimum absolute atomic E-state index is 0.0130. The number of nitrogens with one attached hydrogen (secondary N) is 2. The van der Waals surface area contributed by atoms with Crippen LogP contribution in [-0.4, -0.2) is 42.0 Å². The Labute approximate surface area is 190 Å². The Kier molecular flexibility index (Phi) is 6.22. The molecule has 4 amide bonds. The third kappa shape index (κ3) is 5.16. The number of alkyl halides is 3. The summed E-state index contributed by atoms with van der Waals surface area (Å²) in [6.07, 6.45) is -1.81. The fourth-order valence-electron chi connectivity index (χ4n) is 3.60. The first kappa shape index (κ1) is 23.2. The summed E-state index contributed by atoms with van der Waals surface area (Å²) < 4.78 is 58.4. The van der Waals surface area contributed by atoms with E-state index in [0.717, 1.165) is 24.4 Å². The van der Waals surface area contributed by atoms with E-state index in [9.17, 15) is 31.9 Å².